The molecule has 2 aromatic heterocycles. The molecule has 158 valence electrons. The van der Waals surface area contributed by atoms with Gasteiger partial charge in [0.05, 0.1) is 22.4 Å². The van der Waals surface area contributed by atoms with Crippen molar-refractivity contribution in [1.29, 1.82) is 0 Å². The number of hydrogen-bond donors (Lipinski definition) is 1. The van der Waals surface area contributed by atoms with Crippen molar-refractivity contribution in [2.75, 3.05) is 11.1 Å². The molecule has 0 aliphatic rings. The standard InChI is InChI=1S/C22H16F3N3OS2/c1-13-6-8-14(9-7-13)15-10-30-20-19(15)21(27-12-26-20)31-11-18(29)28-17-5-3-2-4-16(17)22(23,24)25/h2-10,12H,11H2,1H3,(H,28,29). The summed E-state index contributed by atoms with van der Waals surface area (Å²) in [7, 11) is 0. The number of aromatic nitrogens is 2. The van der Waals surface area contributed by atoms with Crippen LogP contribution in [0.3, 0.4) is 0 Å². The summed E-state index contributed by atoms with van der Waals surface area (Å²) in [6, 6.07) is 13.0. The van der Waals surface area contributed by atoms with E-state index in [2.05, 4.69) is 15.3 Å². The van der Waals surface area contributed by atoms with Crippen LogP contribution < -0.4 is 5.32 Å². The van der Waals surface area contributed by atoms with E-state index in [1.807, 2.05) is 36.6 Å². The van der Waals surface area contributed by atoms with Crippen molar-refractivity contribution < 1.29 is 18.0 Å². The Bertz CT molecular complexity index is 1240. The van der Waals surface area contributed by atoms with E-state index in [0.717, 1.165) is 33.0 Å². The lowest BCUT2D eigenvalue weighted by molar-refractivity contribution is -0.137. The summed E-state index contributed by atoms with van der Waals surface area (Å²) in [5.41, 5.74) is 1.98. The number of nitrogens with one attached hydrogen (secondary N) is 1. The maximum Gasteiger partial charge on any atom is 0.418 e. The minimum atomic E-state index is -4.55. The Hall–Kier alpha value is -2.91. The minimum Gasteiger partial charge on any atom is -0.325 e. The highest BCUT2D eigenvalue weighted by molar-refractivity contribution is 8.00. The largest absolute Gasteiger partial charge is 0.418 e. The van der Waals surface area contributed by atoms with E-state index in [1.165, 1.54) is 47.6 Å². The van der Waals surface area contributed by atoms with Gasteiger partial charge in [-0.05, 0) is 24.6 Å². The Morgan fingerprint density at radius 1 is 1.10 bits per heavy atom. The third-order valence-corrected chi connectivity index (χ3v) is 6.42. The van der Waals surface area contributed by atoms with Crippen LogP contribution >= 0.6 is 23.1 Å². The molecule has 0 atom stereocenters. The van der Waals surface area contributed by atoms with Gasteiger partial charge in [-0.3, -0.25) is 4.79 Å². The van der Waals surface area contributed by atoms with Gasteiger partial charge in [-0.2, -0.15) is 13.2 Å². The molecule has 0 aliphatic heterocycles. The lowest BCUT2D eigenvalue weighted by Crippen LogP contribution is -2.18. The van der Waals surface area contributed by atoms with Crippen molar-refractivity contribution in [2.24, 2.45) is 0 Å². The molecular weight excluding hydrogens is 443 g/mol. The molecule has 1 N–H and O–H groups in total. The van der Waals surface area contributed by atoms with Gasteiger partial charge in [0.25, 0.3) is 0 Å². The second kappa shape index (κ2) is 8.68. The fourth-order valence-corrected chi connectivity index (χ4v) is 4.86. The third kappa shape index (κ3) is 4.72. The molecule has 4 nitrogen and oxygen atoms in total. The maximum atomic E-state index is 13.1. The monoisotopic (exact) mass is 459 g/mol. The van der Waals surface area contributed by atoms with Crippen LogP contribution in [0.1, 0.15) is 11.1 Å². The summed E-state index contributed by atoms with van der Waals surface area (Å²) >= 11 is 2.65. The van der Waals surface area contributed by atoms with Gasteiger partial charge >= 0.3 is 6.18 Å². The molecule has 0 saturated carbocycles. The Morgan fingerprint density at radius 3 is 2.58 bits per heavy atom. The van der Waals surface area contributed by atoms with Crippen LogP contribution in [0.25, 0.3) is 21.3 Å². The van der Waals surface area contributed by atoms with Gasteiger partial charge in [-0.1, -0.05) is 53.7 Å². The molecule has 0 spiro atoms. The van der Waals surface area contributed by atoms with Gasteiger partial charge in [-0.25, -0.2) is 9.97 Å². The Kier molecular flexibility index (Phi) is 5.97. The zero-order chi connectivity index (χ0) is 22.0. The Morgan fingerprint density at radius 2 is 1.84 bits per heavy atom. The number of para-hydroxylation sites is 1. The molecule has 0 unspecified atom stereocenters. The maximum absolute atomic E-state index is 13.1. The number of thiophene rings is 1. The summed E-state index contributed by atoms with van der Waals surface area (Å²) in [6.07, 6.45) is -3.12. The highest BCUT2D eigenvalue weighted by Gasteiger charge is 2.33. The number of carbonyl (C=O) groups excluding carboxylic acids is 1. The molecule has 0 aliphatic carbocycles. The number of halogens is 3. The van der Waals surface area contributed by atoms with Gasteiger partial charge in [0.15, 0.2) is 0 Å². The zero-order valence-corrected chi connectivity index (χ0v) is 17.9. The van der Waals surface area contributed by atoms with Crippen molar-refractivity contribution in [2.45, 2.75) is 18.1 Å². The lowest BCUT2D eigenvalue weighted by Gasteiger charge is -2.13. The number of benzene rings is 2. The highest BCUT2D eigenvalue weighted by Crippen LogP contribution is 2.38. The van der Waals surface area contributed by atoms with Crippen LogP contribution in [0.4, 0.5) is 18.9 Å². The van der Waals surface area contributed by atoms with Crippen LogP contribution in [-0.4, -0.2) is 21.6 Å². The molecule has 31 heavy (non-hydrogen) atoms. The number of fused-ring (bicyclic) bond motifs is 1. The Balaban J connectivity index is 1.56. The van der Waals surface area contributed by atoms with Gasteiger partial charge in [0.2, 0.25) is 5.91 Å². The molecule has 1 amide bonds. The number of rotatable bonds is 5. The third-order valence-electron chi connectivity index (χ3n) is 4.54. The molecule has 0 fully saturated rings. The summed E-state index contributed by atoms with van der Waals surface area (Å²) < 4.78 is 39.4. The molecular formula is C22H16F3N3OS2. The molecule has 4 rings (SSSR count). The number of thioether (sulfide) groups is 1. The second-order valence-corrected chi connectivity index (χ2v) is 8.58. The molecule has 2 heterocycles. The fourth-order valence-electron chi connectivity index (χ4n) is 3.06. The number of alkyl halides is 3. The number of carbonyl (C=O) groups is 1. The van der Waals surface area contributed by atoms with Crippen molar-refractivity contribution in [1.82, 2.24) is 9.97 Å². The lowest BCUT2D eigenvalue weighted by atomic mass is 10.1. The molecule has 4 aromatic rings. The van der Waals surface area contributed by atoms with Crippen LogP contribution in [-0.2, 0) is 11.0 Å². The van der Waals surface area contributed by atoms with E-state index < -0.39 is 17.6 Å². The second-order valence-electron chi connectivity index (χ2n) is 6.75. The number of aryl methyl sites for hydroxylation is 1. The van der Waals surface area contributed by atoms with E-state index in [-0.39, 0.29) is 11.4 Å². The molecule has 9 heteroatoms. The fraction of sp³-hybridized carbons (Fsp3) is 0.136. The van der Waals surface area contributed by atoms with Crippen LogP contribution in [0.2, 0.25) is 0 Å². The van der Waals surface area contributed by atoms with Crippen molar-refractivity contribution in [3.05, 3.63) is 71.4 Å². The predicted octanol–water partition coefficient (Wildman–Crippen LogP) is 6.42. The number of anilines is 1. The summed E-state index contributed by atoms with van der Waals surface area (Å²) in [5, 5.41) is 5.80. The Labute approximate surface area is 184 Å². The van der Waals surface area contributed by atoms with Crippen LogP contribution in [0.15, 0.2) is 65.3 Å². The normalized spacial score (nSPS) is 11.6. The van der Waals surface area contributed by atoms with Crippen molar-refractivity contribution in [3.8, 4) is 11.1 Å². The molecule has 0 radical (unpaired) electrons. The van der Waals surface area contributed by atoms with Gasteiger partial charge < -0.3 is 5.32 Å². The van der Waals surface area contributed by atoms with Crippen molar-refractivity contribution >= 4 is 44.9 Å². The van der Waals surface area contributed by atoms with E-state index in [4.69, 9.17) is 0 Å². The summed E-state index contributed by atoms with van der Waals surface area (Å²) in [6.45, 7) is 2.01. The molecule has 2 aromatic carbocycles. The van der Waals surface area contributed by atoms with E-state index >= 15 is 0 Å². The number of nitrogens with zero attached hydrogens (tertiary/aromatic N) is 2. The van der Waals surface area contributed by atoms with E-state index in [1.54, 1.807) is 0 Å². The molecule has 0 bridgehead atoms. The number of amides is 1. The first-order chi connectivity index (χ1) is 14.8. The zero-order valence-electron chi connectivity index (χ0n) is 16.2. The summed E-state index contributed by atoms with van der Waals surface area (Å²) in [5.74, 6) is -0.623. The average Bonchev–Trinajstić information content (AvgIpc) is 3.17. The molecule has 0 saturated heterocycles. The smallest absolute Gasteiger partial charge is 0.325 e. The van der Waals surface area contributed by atoms with Gasteiger partial charge in [0.1, 0.15) is 16.2 Å². The van der Waals surface area contributed by atoms with E-state index in [0.29, 0.717) is 5.03 Å². The topological polar surface area (TPSA) is 54.9 Å². The SMILES string of the molecule is Cc1ccc(-c2csc3ncnc(SCC(=O)Nc4ccccc4C(F)(F)F)c23)cc1. The average molecular weight is 460 g/mol. The van der Waals surface area contributed by atoms with Crippen LogP contribution in [0.5, 0.6) is 0 Å². The first-order valence-corrected chi connectivity index (χ1v) is 11.1. The summed E-state index contributed by atoms with van der Waals surface area (Å²) in [4.78, 5) is 21.8. The first-order valence-electron chi connectivity index (χ1n) is 9.21. The van der Waals surface area contributed by atoms with Crippen LogP contribution in [0, 0.1) is 6.92 Å². The van der Waals surface area contributed by atoms with E-state index in [9.17, 15) is 18.0 Å². The van der Waals surface area contributed by atoms with Gasteiger partial charge in [-0.15, -0.1) is 11.3 Å². The minimum absolute atomic E-state index is 0.0819. The van der Waals surface area contributed by atoms with Crippen molar-refractivity contribution in [3.63, 3.8) is 0 Å². The quantitative estimate of drug-likeness (QED) is 0.277. The first kappa shape index (κ1) is 21.3. The van der Waals surface area contributed by atoms with Gasteiger partial charge in [0, 0.05) is 10.9 Å². The predicted molar refractivity (Wildman–Crippen MR) is 118 cm³/mol. The number of hydrogen-bond acceptors (Lipinski definition) is 5. The highest BCUT2D eigenvalue weighted by atomic mass is 32.2.